The second-order valence-electron chi connectivity index (χ2n) is 5.28. The molecule has 0 bridgehead atoms. The van der Waals surface area contributed by atoms with Crippen LogP contribution in [0.15, 0.2) is 0 Å². The summed E-state index contributed by atoms with van der Waals surface area (Å²) in [6, 6.07) is 0. The van der Waals surface area contributed by atoms with Gasteiger partial charge in [-0.3, -0.25) is 14.7 Å². The molecule has 1 amide bonds. The molecule has 1 aromatic rings. The highest BCUT2D eigenvalue weighted by Crippen LogP contribution is 2.10. The number of carboxylic acids is 1. The van der Waals surface area contributed by atoms with E-state index in [1.165, 1.54) is 0 Å². The van der Waals surface area contributed by atoms with Gasteiger partial charge in [0.25, 0.3) is 5.91 Å². The molecule has 1 rings (SSSR count). The van der Waals surface area contributed by atoms with Gasteiger partial charge in [0.05, 0.1) is 0 Å². The third-order valence-corrected chi connectivity index (χ3v) is 3.03. The topological polar surface area (TPSA) is 108 Å². The van der Waals surface area contributed by atoms with Gasteiger partial charge in [0.2, 0.25) is 5.82 Å². The molecule has 0 radical (unpaired) electrons. The Kier molecular flexibility index (Phi) is 6.14. The summed E-state index contributed by atoms with van der Waals surface area (Å²) >= 11 is 0. The van der Waals surface area contributed by atoms with E-state index in [9.17, 15) is 9.59 Å². The number of carbonyl (C=O) groups is 2. The Labute approximate surface area is 118 Å². The summed E-state index contributed by atoms with van der Waals surface area (Å²) in [5.41, 5.74) is 0. The third kappa shape index (κ3) is 5.38. The number of aromatic amines is 1. The number of aromatic nitrogens is 3. The lowest BCUT2D eigenvalue weighted by Gasteiger charge is -2.09. The number of nitrogens with zero attached hydrogens (tertiary/aromatic N) is 2. The first-order valence-corrected chi connectivity index (χ1v) is 6.82. The van der Waals surface area contributed by atoms with Crippen molar-refractivity contribution in [3.05, 3.63) is 11.6 Å². The van der Waals surface area contributed by atoms with E-state index >= 15 is 0 Å². The van der Waals surface area contributed by atoms with E-state index in [1.807, 2.05) is 20.8 Å². The largest absolute Gasteiger partial charge is 0.481 e. The molecule has 1 heterocycles. The predicted octanol–water partition coefficient (Wildman–Crippen LogP) is 1.55. The maximum absolute atomic E-state index is 11.8. The van der Waals surface area contributed by atoms with Crippen LogP contribution in [0.3, 0.4) is 0 Å². The van der Waals surface area contributed by atoms with Crippen molar-refractivity contribution in [2.75, 3.05) is 6.54 Å². The number of H-pyrrole nitrogens is 1. The molecule has 0 saturated carbocycles. The van der Waals surface area contributed by atoms with Crippen molar-refractivity contribution in [2.45, 2.75) is 46.0 Å². The van der Waals surface area contributed by atoms with E-state index in [0.29, 0.717) is 18.8 Å². The van der Waals surface area contributed by atoms with Gasteiger partial charge in [-0.15, -0.1) is 5.10 Å². The van der Waals surface area contributed by atoms with Crippen LogP contribution in [0.5, 0.6) is 0 Å². The fourth-order valence-corrected chi connectivity index (χ4v) is 1.66. The Morgan fingerprint density at radius 1 is 1.30 bits per heavy atom. The standard InChI is InChI=1S/C13H22N4O3/c1-8(2)11-15-12(17-16-11)13(20)14-7-6-9(3)4-5-10(18)19/h8-9H,4-7H2,1-3H3,(H,14,20)(H,18,19)(H,15,16,17). The minimum Gasteiger partial charge on any atom is -0.481 e. The minimum atomic E-state index is -0.789. The molecule has 20 heavy (non-hydrogen) atoms. The van der Waals surface area contributed by atoms with Crippen LogP contribution in [-0.2, 0) is 4.79 Å². The van der Waals surface area contributed by atoms with Crippen LogP contribution in [0.4, 0.5) is 0 Å². The Balaban J connectivity index is 2.30. The molecule has 1 aromatic heterocycles. The number of carbonyl (C=O) groups excluding carboxylic acids is 1. The molecular weight excluding hydrogens is 260 g/mol. The monoisotopic (exact) mass is 282 g/mol. The first-order chi connectivity index (χ1) is 9.40. The van der Waals surface area contributed by atoms with Crippen molar-refractivity contribution >= 4 is 11.9 Å². The zero-order valence-corrected chi connectivity index (χ0v) is 12.1. The van der Waals surface area contributed by atoms with Crippen molar-refractivity contribution in [1.29, 1.82) is 0 Å². The summed E-state index contributed by atoms with van der Waals surface area (Å²) < 4.78 is 0. The Bertz CT molecular complexity index is 456. The van der Waals surface area contributed by atoms with E-state index in [2.05, 4.69) is 20.5 Å². The quantitative estimate of drug-likeness (QED) is 0.670. The normalized spacial score (nSPS) is 12.4. The van der Waals surface area contributed by atoms with Gasteiger partial charge < -0.3 is 10.4 Å². The molecule has 7 heteroatoms. The first kappa shape index (κ1) is 16.1. The van der Waals surface area contributed by atoms with Gasteiger partial charge in [-0.25, -0.2) is 4.98 Å². The van der Waals surface area contributed by atoms with E-state index in [4.69, 9.17) is 5.11 Å². The average molecular weight is 282 g/mol. The molecule has 7 nitrogen and oxygen atoms in total. The molecule has 0 fully saturated rings. The van der Waals surface area contributed by atoms with Crippen LogP contribution in [0, 0.1) is 5.92 Å². The molecule has 0 aromatic carbocycles. The molecule has 0 spiro atoms. The number of nitrogens with one attached hydrogen (secondary N) is 2. The Morgan fingerprint density at radius 2 is 2.00 bits per heavy atom. The van der Waals surface area contributed by atoms with E-state index < -0.39 is 5.97 Å². The van der Waals surface area contributed by atoms with Gasteiger partial charge in [0.1, 0.15) is 5.82 Å². The van der Waals surface area contributed by atoms with Crippen LogP contribution < -0.4 is 5.32 Å². The molecule has 1 atom stereocenters. The van der Waals surface area contributed by atoms with E-state index in [-0.39, 0.29) is 30.0 Å². The van der Waals surface area contributed by atoms with Crippen molar-refractivity contribution in [2.24, 2.45) is 5.92 Å². The predicted molar refractivity (Wildman–Crippen MR) is 73.5 cm³/mol. The zero-order chi connectivity index (χ0) is 15.1. The first-order valence-electron chi connectivity index (χ1n) is 6.82. The van der Waals surface area contributed by atoms with Crippen molar-refractivity contribution in [3.63, 3.8) is 0 Å². The maximum atomic E-state index is 11.8. The number of hydrogen-bond acceptors (Lipinski definition) is 4. The average Bonchev–Trinajstić information content (AvgIpc) is 2.86. The van der Waals surface area contributed by atoms with Crippen LogP contribution in [-0.4, -0.2) is 38.7 Å². The summed E-state index contributed by atoms with van der Waals surface area (Å²) in [6.07, 6.45) is 1.51. The second kappa shape index (κ2) is 7.62. The number of amides is 1. The molecule has 1 unspecified atom stereocenters. The SMILES string of the molecule is CC(CCNC(=O)c1n[nH]c(C(C)C)n1)CCC(=O)O. The minimum absolute atomic E-state index is 0.145. The fourth-order valence-electron chi connectivity index (χ4n) is 1.66. The number of hydrogen-bond donors (Lipinski definition) is 3. The van der Waals surface area contributed by atoms with Crippen LogP contribution in [0.1, 0.15) is 62.4 Å². The van der Waals surface area contributed by atoms with Crippen LogP contribution >= 0.6 is 0 Å². The highest BCUT2D eigenvalue weighted by molar-refractivity contribution is 5.90. The summed E-state index contributed by atoms with van der Waals surface area (Å²) in [6.45, 7) is 6.39. The molecule has 112 valence electrons. The molecule has 0 aliphatic rings. The van der Waals surface area contributed by atoms with Gasteiger partial charge in [-0.05, 0) is 18.8 Å². The summed E-state index contributed by atoms with van der Waals surface area (Å²) in [5, 5.41) is 17.9. The molecular formula is C13H22N4O3. The van der Waals surface area contributed by atoms with Gasteiger partial charge in [-0.1, -0.05) is 20.8 Å². The highest BCUT2D eigenvalue weighted by Gasteiger charge is 2.14. The van der Waals surface area contributed by atoms with E-state index in [1.54, 1.807) is 0 Å². The lowest BCUT2D eigenvalue weighted by molar-refractivity contribution is -0.137. The zero-order valence-electron chi connectivity index (χ0n) is 12.1. The van der Waals surface area contributed by atoms with Crippen molar-refractivity contribution < 1.29 is 14.7 Å². The lowest BCUT2D eigenvalue weighted by Crippen LogP contribution is -2.26. The summed E-state index contributed by atoms with van der Waals surface area (Å²) in [4.78, 5) is 26.3. The molecule has 0 aliphatic carbocycles. The third-order valence-electron chi connectivity index (χ3n) is 3.03. The Morgan fingerprint density at radius 3 is 2.55 bits per heavy atom. The van der Waals surface area contributed by atoms with Crippen LogP contribution in [0.2, 0.25) is 0 Å². The van der Waals surface area contributed by atoms with Crippen LogP contribution in [0.25, 0.3) is 0 Å². The Hall–Kier alpha value is -1.92. The highest BCUT2D eigenvalue weighted by atomic mass is 16.4. The molecule has 0 saturated heterocycles. The maximum Gasteiger partial charge on any atom is 0.303 e. The lowest BCUT2D eigenvalue weighted by atomic mass is 10.0. The number of rotatable bonds is 8. The van der Waals surface area contributed by atoms with Gasteiger partial charge >= 0.3 is 5.97 Å². The van der Waals surface area contributed by atoms with Gasteiger partial charge in [0.15, 0.2) is 0 Å². The van der Waals surface area contributed by atoms with Crippen molar-refractivity contribution in [1.82, 2.24) is 20.5 Å². The van der Waals surface area contributed by atoms with E-state index in [0.717, 1.165) is 6.42 Å². The van der Waals surface area contributed by atoms with Gasteiger partial charge in [-0.2, -0.15) is 0 Å². The molecule has 0 aliphatic heterocycles. The summed E-state index contributed by atoms with van der Waals surface area (Å²) in [7, 11) is 0. The van der Waals surface area contributed by atoms with Gasteiger partial charge in [0, 0.05) is 18.9 Å². The van der Waals surface area contributed by atoms with Crippen molar-refractivity contribution in [3.8, 4) is 0 Å². The number of aliphatic carboxylic acids is 1. The smallest absolute Gasteiger partial charge is 0.303 e. The second-order valence-corrected chi connectivity index (χ2v) is 5.28. The number of carboxylic acid groups (broad SMARTS) is 1. The summed E-state index contributed by atoms with van der Waals surface area (Å²) in [5.74, 6) is 0.183. The fraction of sp³-hybridized carbons (Fsp3) is 0.692. The molecule has 3 N–H and O–H groups in total.